The largest absolute Gasteiger partial charge is 2.00 e. The maximum atomic E-state index is 11.3. The number of hydrogen-bond donors (Lipinski definition) is 0. The Labute approximate surface area is 434 Å². The summed E-state index contributed by atoms with van der Waals surface area (Å²) >= 11 is 0. The predicted molar refractivity (Wildman–Crippen MR) is 258 cm³/mol. The van der Waals surface area contributed by atoms with Crippen LogP contribution in [0, 0.1) is 0 Å². The number of rotatable bonds is 40. The monoisotopic (exact) mass is 1030 g/mol. The van der Waals surface area contributed by atoms with Crippen LogP contribution in [0.4, 0.5) is 0 Å². The van der Waals surface area contributed by atoms with E-state index in [1.807, 2.05) is 12.1 Å². The van der Waals surface area contributed by atoms with E-state index in [2.05, 4.69) is 62.4 Å². The van der Waals surface area contributed by atoms with Gasteiger partial charge in [0.15, 0.2) is 0 Å². The smallest absolute Gasteiger partial charge is 0.550 e. The maximum Gasteiger partial charge on any atom is 2.00 e. The number of unbranched alkanes of at least 4 members (excludes halogenated alkanes) is 12. The average Bonchev–Trinajstić information content (AvgIpc) is 3.26. The summed E-state index contributed by atoms with van der Waals surface area (Å²) in [6.07, 6.45) is 27.2. The Balaban J connectivity index is 0.00000124. The number of carbonyl (C=O) groups is 4. The molecule has 0 saturated heterocycles. The van der Waals surface area contributed by atoms with Crippen molar-refractivity contribution < 1.29 is 48.3 Å². The maximum absolute atomic E-state index is 11.3. The van der Waals surface area contributed by atoms with Crippen molar-refractivity contribution in [1.29, 1.82) is 0 Å². The number of esters is 2. The third-order valence-corrected chi connectivity index (χ3v) is 11.5. The molecule has 0 aliphatic rings. The Bertz CT molecular complexity index is 1320. The SMILES string of the molecule is CCCCCC(CCCCCCCC(CCCC(=O)[O-])OC(C)=O)OCc1ccccc1.CCCCCC(CCCCCCCC(CCCC(=O)[O-])OC(C)=O)OCc1ccccc1.[Ba+2]. The first-order valence-corrected chi connectivity index (χ1v) is 25.1. The van der Waals surface area contributed by atoms with Crippen LogP contribution in [-0.4, -0.2) is 97.2 Å². The van der Waals surface area contributed by atoms with Crippen molar-refractivity contribution in [3.63, 3.8) is 0 Å². The molecule has 0 aliphatic heterocycles. The van der Waals surface area contributed by atoms with E-state index in [1.165, 1.54) is 89.2 Å². The van der Waals surface area contributed by atoms with Gasteiger partial charge in [0.25, 0.3) is 0 Å². The van der Waals surface area contributed by atoms with Crippen molar-refractivity contribution in [1.82, 2.24) is 0 Å². The van der Waals surface area contributed by atoms with E-state index in [9.17, 15) is 29.4 Å². The van der Waals surface area contributed by atoms with Crippen molar-refractivity contribution in [2.24, 2.45) is 0 Å². The minimum Gasteiger partial charge on any atom is -0.550 e. The molecule has 2 aromatic rings. The van der Waals surface area contributed by atoms with Gasteiger partial charge in [0, 0.05) is 25.8 Å². The summed E-state index contributed by atoms with van der Waals surface area (Å²) in [5.74, 6) is -2.69. The molecule has 0 N–H and O–H groups in total. The molecular formula is C54H86BaO10. The Morgan fingerprint density at radius 1 is 0.415 bits per heavy atom. The van der Waals surface area contributed by atoms with E-state index in [1.54, 1.807) is 0 Å². The van der Waals surface area contributed by atoms with Crippen molar-refractivity contribution in [2.45, 2.75) is 245 Å². The van der Waals surface area contributed by atoms with E-state index < -0.39 is 11.9 Å². The van der Waals surface area contributed by atoms with E-state index in [0.29, 0.717) is 51.1 Å². The van der Waals surface area contributed by atoms with Gasteiger partial charge in [-0.05, 0) is 101 Å². The molecule has 0 heterocycles. The average molecular weight is 1030 g/mol. The van der Waals surface area contributed by atoms with E-state index >= 15 is 0 Å². The predicted octanol–water partition coefficient (Wildman–Crippen LogP) is 11.1. The number of ether oxygens (including phenoxy) is 4. The topological polar surface area (TPSA) is 151 Å². The van der Waals surface area contributed by atoms with E-state index in [-0.39, 0.29) is 85.9 Å². The molecule has 4 atom stereocenters. The zero-order chi connectivity index (χ0) is 46.9. The molecule has 364 valence electrons. The van der Waals surface area contributed by atoms with Gasteiger partial charge in [0.2, 0.25) is 0 Å². The number of carbonyl (C=O) groups excluding carboxylic acids is 4. The van der Waals surface area contributed by atoms with Gasteiger partial charge in [-0.15, -0.1) is 0 Å². The third kappa shape index (κ3) is 40.6. The van der Waals surface area contributed by atoms with Crippen LogP contribution >= 0.6 is 0 Å². The van der Waals surface area contributed by atoms with Gasteiger partial charge in [-0.3, -0.25) is 9.59 Å². The third-order valence-electron chi connectivity index (χ3n) is 11.5. The zero-order valence-electron chi connectivity index (χ0n) is 41.1. The first kappa shape index (κ1) is 62.8. The molecule has 2 rings (SSSR count). The quantitative estimate of drug-likeness (QED) is 0.0358. The number of carboxylic acids is 2. The molecule has 10 nitrogen and oxygen atoms in total. The Hall–Kier alpha value is -2.19. The van der Waals surface area contributed by atoms with Crippen LogP contribution in [0.2, 0.25) is 0 Å². The van der Waals surface area contributed by atoms with Crippen molar-refractivity contribution in [3.8, 4) is 0 Å². The molecule has 0 aliphatic carbocycles. The summed E-state index contributed by atoms with van der Waals surface area (Å²) in [6.45, 7) is 8.65. The van der Waals surface area contributed by atoms with Crippen molar-refractivity contribution in [3.05, 3.63) is 71.8 Å². The fourth-order valence-electron chi connectivity index (χ4n) is 7.93. The first-order chi connectivity index (χ1) is 31.0. The van der Waals surface area contributed by atoms with Crippen LogP contribution in [0.1, 0.15) is 219 Å². The molecule has 2 aromatic carbocycles. The second-order valence-electron chi connectivity index (χ2n) is 17.5. The van der Waals surface area contributed by atoms with Gasteiger partial charge in [0.05, 0.1) is 25.4 Å². The van der Waals surface area contributed by atoms with Crippen LogP contribution in [0.5, 0.6) is 0 Å². The van der Waals surface area contributed by atoms with Gasteiger partial charge >= 0.3 is 60.8 Å². The number of hydrogen-bond acceptors (Lipinski definition) is 10. The molecule has 0 saturated carbocycles. The number of carboxylic acid groups (broad SMARTS) is 2. The Morgan fingerprint density at radius 3 is 0.985 bits per heavy atom. The second kappa shape index (κ2) is 44.3. The van der Waals surface area contributed by atoms with Gasteiger partial charge in [-0.2, -0.15) is 0 Å². The van der Waals surface area contributed by atoms with E-state index in [4.69, 9.17) is 18.9 Å². The van der Waals surface area contributed by atoms with Crippen LogP contribution < -0.4 is 10.2 Å². The zero-order valence-corrected chi connectivity index (χ0v) is 45.5. The van der Waals surface area contributed by atoms with Gasteiger partial charge in [-0.1, -0.05) is 164 Å². The van der Waals surface area contributed by atoms with Crippen molar-refractivity contribution >= 4 is 72.8 Å². The molecule has 0 fully saturated rings. The number of aliphatic carboxylic acids is 2. The van der Waals surface area contributed by atoms with Crippen LogP contribution in [0.3, 0.4) is 0 Å². The van der Waals surface area contributed by atoms with Gasteiger partial charge < -0.3 is 38.7 Å². The summed E-state index contributed by atoms with van der Waals surface area (Å²) in [4.78, 5) is 43.7. The molecule has 0 aromatic heterocycles. The molecule has 11 heteroatoms. The summed E-state index contributed by atoms with van der Waals surface area (Å²) in [6, 6.07) is 20.8. The molecule has 65 heavy (non-hydrogen) atoms. The fourth-order valence-corrected chi connectivity index (χ4v) is 7.93. The summed E-state index contributed by atoms with van der Waals surface area (Å²) in [7, 11) is 0. The molecule has 4 unspecified atom stereocenters. The van der Waals surface area contributed by atoms with Crippen LogP contribution in [0.15, 0.2) is 60.7 Å². The summed E-state index contributed by atoms with van der Waals surface area (Å²) in [5, 5.41) is 21.1. The molecule has 0 bridgehead atoms. The van der Waals surface area contributed by atoms with Gasteiger partial charge in [-0.25, -0.2) is 0 Å². The Morgan fingerprint density at radius 2 is 0.692 bits per heavy atom. The molecule has 0 amide bonds. The van der Waals surface area contributed by atoms with E-state index in [0.717, 1.165) is 77.0 Å². The minimum atomic E-state index is -1.05. The minimum absolute atomic E-state index is 0. The summed E-state index contributed by atoms with van der Waals surface area (Å²) < 4.78 is 23.1. The standard InChI is InChI=1S/2C27H44O5.Ba/c2*1-3-4-9-17-25(31-22-24-15-10-8-11-16-24)18-12-6-5-7-13-19-26(32-23(2)28)20-14-21-27(29)30;/h2*8,10-11,15-16,25-26H,3-7,9,12-14,17-22H2,1-2H3,(H,29,30);/q;;+2/p-2. The summed E-state index contributed by atoms with van der Waals surface area (Å²) in [5.41, 5.74) is 2.46. The normalized spacial score (nSPS) is 12.7. The van der Waals surface area contributed by atoms with Gasteiger partial charge in [0.1, 0.15) is 12.2 Å². The van der Waals surface area contributed by atoms with Crippen LogP contribution in [0.25, 0.3) is 0 Å². The Kier molecular flexibility index (Phi) is 42.8. The fraction of sp³-hybridized carbons (Fsp3) is 0.704. The van der Waals surface area contributed by atoms with Crippen LogP contribution in [-0.2, 0) is 51.3 Å². The number of benzene rings is 2. The second-order valence-corrected chi connectivity index (χ2v) is 17.5. The molecule has 0 spiro atoms. The first-order valence-electron chi connectivity index (χ1n) is 25.1. The molecule has 0 radical (unpaired) electrons. The molecular weight excluding hydrogens is 946 g/mol. The van der Waals surface area contributed by atoms with Crippen molar-refractivity contribution in [2.75, 3.05) is 0 Å².